The molecule has 21 heavy (non-hydrogen) atoms. The monoisotopic (exact) mass is 294 g/mol. The highest BCUT2D eigenvalue weighted by Gasteiger charge is 2.27. The fourth-order valence-electron chi connectivity index (χ4n) is 4.10. The quantitative estimate of drug-likeness (QED) is 0.764. The van der Waals surface area contributed by atoms with Crippen LogP contribution in [0.25, 0.3) is 0 Å². The lowest BCUT2D eigenvalue weighted by Crippen LogP contribution is -2.46. The van der Waals surface area contributed by atoms with Crippen molar-refractivity contribution in [1.82, 2.24) is 9.80 Å². The summed E-state index contributed by atoms with van der Waals surface area (Å²) in [7, 11) is 0. The Morgan fingerprint density at radius 3 is 1.95 bits per heavy atom. The van der Waals surface area contributed by atoms with Gasteiger partial charge in [0.1, 0.15) is 0 Å². The van der Waals surface area contributed by atoms with Crippen molar-refractivity contribution in [1.29, 1.82) is 0 Å². The van der Waals surface area contributed by atoms with E-state index in [1.54, 1.807) is 0 Å². The van der Waals surface area contributed by atoms with Gasteiger partial charge in [0.25, 0.3) is 0 Å². The summed E-state index contributed by atoms with van der Waals surface area (Å²) in [5.41, 5.74) is 0.365. The zero-order valence-corrected chi connectivity index (χ0v) is 15.2. The lowest BCUT2D eigenvalue weighted by atomic mass is 9.86. The van der Waals surface area contributed by atoms with Crippen LogP contribution in [-0.4, -0.2) is 48.1 Å². The molecule has 2 heterocycles. The first-order chi connectivity index (χ1) is 9.86. The Kier molecular flexibility index (Phi) is 6.14. The topological polar surface area (TPSA) is 6.48 Å². The maximum atomic E-state index is 2.73. The second-order valence-electron chi connectivity index (χ2n) is 8.81. The van der Waals surface area contributed by atoms with E-state index < -0.39 is 0 Å². The highest BCUT2D eigenvalue weighted by atomic mass is 15.2. The molecular formula is C19H38N2. The Hall–Kier alpha value is -0.0800. The van der Waals surface area contributed by atoms with E-state index in [0.29, 0.717) is 5.54 Å². The number of likely N-dealkylation sites (tertiary alicyclic amines) is 2. The van der Waals surface area contributed by atoms with Gasteiger partial charge in [0, 0.05) is 5.54 Å². The van der Waals surface area contributed by atoms with Gasteiger partial charge in [0.05, 0.1) is 0 Å². The lowest BCUT2D eigenvalue weighted by Gasteiger charge is -2.41. The first-order valence-electron chi connectivity index (χ1n) is 9.33. The summed E-state index contributed by atoms with van der Waals surface area (Å²) in [6.45, 7) is 18.5. The number of rotatable bonds is 4. The second-order valence-corrected chi connectivity index (χ2v) is 8.81. The minimum absolute atomic E-state index is 0.365. The molecule has 0 unspecified atom stereocenters. The zero-order chi connectivity index (χ0) is 15.5. The first kappa shape index (κ1) is 17.3. The Bertz CT molecular complexity index is 289. The highest BCUT2D eigenvalue weighted by Crippen LogP contribution is 2.28. The molecule has 2 aliphatic rings. The molecule has 0 spiro atoms. The van der Waals surface area contributed by atoms with Gasteiger partial charge in [-0.1, -0.05) is 13.8 Å². The lowest BCUT2D eigenvalue weighted by molar-refractivity contribution is 0.0782. The van der Waals surface area contributed by atoms with Crippen LogP contribution in [0.4, 0.5) is 0 Å². The van der Waals surface area contributed by atoms with Gasteiger partial charge < -0.3 is 4.90 Å². The molecule has 0 aliphatic carbocycles. The Labute approximate surface area is 133 Å². The Morgan fingerprint density at radius 2 is 1.48 bits per heavy atom. The van der Waals surface area contributed by atoms with E-state index in [4.69, 9.17) is 0 Å². The minimum Gasteiger partial charge on any atom is -0.303 e. The normalized spacial score (nSPS) is 24.9. The van der Waals surface area contributed by atoms with Crippen LogP contribution in [0.5, 0.6) is 0 Å². The maximum absolute atomic E-state index is 2.73. The van der Waals surface area contributed by atoms with Crippen molar-refractivity contribution < 1.29 is 0 Å². The molecule has 0 aromatic carbocycles. The molecule has 0 aromatic heterocycles. The summed E-state index contributed by atoms with van der Waals surface area (Å²) in [4.78, 5) is 5.40. The highest BCUT2D eigenvalue weighted by molar-refractivity contribution is 4.82. The van der Waals surface area contributed by atoms with Crippen LogP contribution in [0.3, 0.4) is 0 Å². The fraction of sp³-hybridized carbons (Fsp3) is 1.00. The van der Waals surface area contributed by atoms with E-state index in [1.165, 1.54) is 64.8 Å². The molecule has 0 bridgehead atoms. The molecule has 0 amide bonds. The van der Waals surface area contributed by atoms with Crippen molar-refractivity contribution in [2.24, 2.45) is 17.8 Å². The molecule has 2 aliphatic heterocycles. The third-order valence-electron chi connectivity index (χ3n) is 5.99. The molecule has 0 aromatic rings. The predicted molar refractivity (Wildman–Crippen MR) is 92.7 cm³/mol. The van der Waals surface area contributed by atoms with Crippen LogP contribution >= 0.6 is 0 Å². The van der Waals surface area contributed by atoms with Crippen molar-refractivity contribution in [3.05, 3.63) is 0 Å². The van der Waals surface area contributed by atoms with E-state index in [1.807, 2.05) is 0 Å². The van der Waals surface area contributed by atoms with Crippen LogP contribution in [-0.2, 0) is 0 Å². The first-order valence-corrected chi connectivity index (χ1v) is 9.33. The second kappa shape index (κ2) is 7.46. The average molecular weight is 295 g/mol. The van der Waals surface area contributed by atoms with E-state index in [0.717, 1.165) is 17.8 Å². The van der Waals surface area contributed by atoms with Crippen molar-refractivity contribution in [2.75, 3.05) is 32.7 Å². The van der Waals surface area contributed by atoms with Gasteiger partial charge in [-0.2, -0.15) is 0 Å². The number of hydrogen-bond donors (Lipinski definition) is 0. The third kappa shape index (κ3) is 5.25. The van der Waals surface area contributed by atoms with Crippen LogP contribution < -0.4 is 0 Å². The molecule has 2 nitrogen and oxygen atoms in total. The van der Waals surface area contributed by atoms with Crippen LogP contribution in [0.15, 0.2) is 0 Å². The summed E-state index contributed by atoms with van der Waals surface area (Å²) in [6, 6.07) is 0. The summed E-state index contributed by atoms with van der Waals surface area (Å²) < 4.78 is 0. The zero-order valence-electron chi connectivity index (χ0n) is 15.2. The molecule has 2 heteroatoms. The standard InChI is InChI=1S/C19H38N2/c1-16(2)18-9-12-20(13-10-18)11-6-17-7-14-21(15-8-17)19(3,4)5/h16-18H,6-15H2,1-5H3. The maximum Gasteiger partial charge on any atom is 0.0125 e. The molecule has 124 valence electrons. The van der Waals surface area contributed by atoms with Gasteiger partial charge in [-0.3, -0.25) is 4.90 Å². The van der Waals surface area contributed by atoms with E-state index in [9.17, 15) is 0 Å². The summed E-state index contributed by atoms with van der Waals surface area (Å²) in [5.74, 6) is 2.84. The van der Waals surface area contributed by atoms with E-state index in [-0.39, 0.29) is 0 Å². The molecule has 0 radical (unpaired) electrons. The molecular weight excluding hydrogens is 256 g/mol. The minimum atomic E-state index is 0.365. The number of nitrogens with zero attached hydrogens (tertiary/aromatic N) is 2. The van der Waals surface area contributed by atoms with Gasteiger partial charge in [-0.05, 0) is 103 Å². The molecule has 0 N–H and O–H groups in total. The Morgan fingerprint density at radius 1 is 0.905 bits per heavy atom. The smallest absolute Gasteiger partial charge is 0.0125 e. The van der Waals surface area contributed by atoms with Gasteiger partial charge in [-0.25, -0.2) is 0 Å². The van der Waals surface area contributed by atoms with Gasteiger partial charge in [0.2, 0.25) is 0 Å². The van der Waals surface area contributed by atoms with Gasteiger partial charge in [-0.15, -0.1) is 0 Å². The van der Waals surface area contributed by atoms with Crippen LogP contribution in [0.2, 0.25) is 0 Å². The summed E-state index contributed by atoms with van der Waals surface area (Å²) in [6.07, 6.45) is 7.13. The van der Waals surface area contributed by atoms with Crippen molar-refractivity contribution in [3.63, 3.8) is 0 Å². The van der Waals surface area contributed by atoms with Crippen molar-refractivity contribution in [2.45, 2.75) is 72.3 Å². The van der Waals surface area contributed by atoms with Crippen LogP contribution in [0, 0.1) is 17.8 Å². The van der Waals surface area contributed by atoms with Crippen molar-refractivity contribution in [3.8, 4) is 0 Å². The molecule has 2 saturated heterocycles. The summed E-state index contributed by atoms with van der Waals surface area (Å²) in [5, 5.41) is 0. The Balaban J connectivity index is 1.62. The average Bonchev–Trinajstić information content (AvgIpc) is 2.45. The molecule has 0 saturated carbocycles. The van der Waals surface area contributed by atoms with Gasteiger partial charge >= 0.3 is 0 Å². The third-order valence-corrected chi connectivity index (χ3v) is 5.99. The van der Waals surface area contributed by atoms with E-state index >= 15 is 0 Å². The van der Waals surface area contributed by atoms with Gasteiger partial charge in [0.15, 0.2) is 0 Å². The fourth-order valence-corrected chi connectivity index (χ4v) is 4.10. The SMILES string of the molecule is CC(C)C1CCN(CCC2CCN(C(C)(C)C)CC2)CC1. The van der Waals surface area contributed by atoms with E-state index in [2.05, 4.69) is 44.4 Å². The number of piperidine rings is 2. The van der Waals surface area contributed by atoms with Crippen LogP contribution in [0.1, 0.15) is 66.7 Å². The van der Waals surface area contributed by atoms with Crippen molar-refractivity contribution >= 4 is 0 Å². The predicted octanol–water partition coefficient (Wildman–Crippen LogP) is 4.26. The summed E-state index contributed by atoms with van der Waals surface area (Å²) >= 11 is 0. The molecule has 2 rings (SSSR count). The molecule has 2 fully saturated rings. The number of hydrogen-bond acceptors (Lipinski definition) is 2. The molecule has 0 atom stereocenters. The largest absolute Gasteiger partial charge is 0.303 e.